The van der Waals surface area contributed by atoms with Crippen molar-refractivity contribution in [1.29, 1.82) is 0 Å². The Morgan fingerprint density at radius 1 is 1.08 bits per heavy atom. The molecule has 1 aliphatic carbocycles. The molecule has 0 aromatic heterocycles. The van der Waals surface area contributed by atoms with Crippen LogP contribution >= 0.6 is 0 Å². The van der Waals surface area contributed by atoms with E-state index in [0.29, 0.717) is 6.04 Å². The van der Waals surface area contributed by atoms with E-state index < -0.39 is 0 Å². The van der Waals surface area contributed by atoms with Crippen molar-refractivity contribution < 1.29 is 0 Å². The second kappa shape index (κ2) is 4.99. The van der Waals surface area contributed by atoms with Crippen LogP contribution in [0.2, 0.25) is 0 Å². The summed E-state index contributed by atoms with van der Waals surface area (Å²) in [7, 11) is 0. The molecular formula is C12H25N. The zero-order valence-electron chi connectivity index (χ0n) is 9.42. The second-order valence-corrected chi connectivity index (χ2v) is 5.27. The van der Waals surface area contributed by atoms with Gasteiger partial charge in [-0.3, -0.25) is 0 Å². The van der Waals surface area contributed by atoms with E-state index in [1.165, 1.54) is 32.1 Å². The quantitative estimate of drug-likeness (QED) is 0.714. The standard InChI is InChI=1S/C12H25N/c1-9(2)8-11-4-6-12(7-5-11)10(3)13/h9-12H,4-8,13H2,1-3H3. The van der Waals surface area contributed by atoms with Crippen molar-refractivity contribution in [2.24, 2.45) is 23.5 Å². The zero-order chi connectivity index (χ0) is 9.84. The monoisotopic (exact) mass is 183 g/mol. The Hall–Kier alpha value is -0.0400. The lowest BCUT2D eigenvalue weighted by atomic mass is 9.76. The highest BCUT2D eigenvalue weighted by Gasteiger charge is 2.23. The highest BCUT2D eigenvalue weighted by Crippen LogP contribution is 2.33. The van der Waals surface area contributed by atoms with Gasteiger partial charge in [-0.05, 0) is 43.9 Å². The summed E-state index contributed by atoms with van der Waals surface area (Å²) in [5, 5.41) is 0. The molecule has 0 bridgehead atoms. The van der Waals surface area contributed by atoms with Crippen LogP contribution in [-0.2, 0) is 0 Å². The number of rotatable bonds is 3. The van der Waals surface area contributed by atoms with Gasteiger partial charge in [-0.2, -0.15) is 0 Å². The van der Waals surface area contributed by atoms with Gasteiger partial charge in [-0.25, -0.2) is 0 Å². The first kappa shape index (κ1) is 11.0. The van der Waals surface area contributed by atoms with Crippen molar-refractivity contribution in [2.45, 2.75) is 58.9 Å². The molecule has 0 radical (unpaired) electrons. The first-order chi connectivity index (χ1) is 6.09. The maximum absolute atomic E-state index is 5.91. The highest BCUT2D eigenvalue weighted by molar-refractivity contribution is 4.77. The van der Waals surface area contributed by atoms with Gasteiger partial charge in [0.25, 0.3) is 0 Å². The molecule has 1 nitrogen and oxygen atoms in total. The second-order valence-electron chi connectivity index (χ2n) is 5.27. The molecule has 1 heteroatoms. The van der Waals surface area contributed by atoms with Crippen molar-refractivity contribution in [1.82, 2.24) is 0 Å². The van der Waals surface area contributed by atoms with Gasteiger partial charge in [0.1, 0.15) is 0 Å². The third-order valence-corrected chi connectivity index (χ3v) is 3.44. The van der Waals surface area contributed by atoms with E-state index in [4.69, 9.17) is 5.73 Å². The molecule has 13 heavy (non-hydrogen) atoms. The van der Waals surface area contributed by atoms with Crippen LogP contribution in [0.1, 0.15) is 52.9 Å². The molecule has 0 aliphatic heterocycles. The molecule has 0 aromatic carbocycles. The SMILES string of the molecule is CC(C)CC1CCC(C(C)N)CC1. The van der Waals surface area contributed by atoms with E-state index in [1.807, 2.05) is 0 Å². The molecule has 78 valence electrons. The number of nitrogens with two attached hydrogens (primary N) is 1. The average molecular weight is 183 g/mol. The predicted octanol–water partition coefficient (Wildman–Crippen LogP) is 3.19. The molecular weight excluding hydrogens is 158 g/mol. The number of hydrogen-bond donors (Lipinski definition) is 1. The Labute approximate surface area is 83.1 Å². The molecule has 1 fully saturated rings. The molecule has 0 aromatic rings. The van der Waals surface area contributed by atoms with E-state index in [-0.39, 0.29) is 0 Å². The largest absolute Gasteiger partial charge is 0.328 e. The van der Waals surface area contributed by atoms with Crippen LogP contribution in [-0.4, -0.2) is 6.04 Å². The van der Waals surface area contributed by atoms with E-state index in [9.17, 15) is 0 Å². The predicted molar refractivity (Wildman–Crippen MR) is 58.6 cm³/mol. The maximum atomic E-state index is 5.91. The summed E-state index contributed by atoms with van der Waals surface area (Å²) in [5.74, 6) is 2.68. The molecule has 1 aliphatic rings. The van der Waals surface area contributed by atoms with Crippen molar-refractivity contribution in [3.63, 3.8) is 0 Å². The Kier molecular flexibility index (Phi) is 4.24. The zero-order valence-corrected chi connectivity index (χ0v) is 9.42. The Morgan fingerprint density at radius 2 is 1.62 bits per heavy atom. The van der Waals surface area contributed by atoms with E-state index in [2.05, 4.69) is 20.8 Å². The first-order valence-corrected chi connectivity index (χ1v) is 5.85. The molecule has 1 unspecified atom stereocenters. The van der Waals surface area contributed by atoms with Crippen LogP contribution in [0.25, 0.3) is 0 Å². The maximum Gasteiger partial charge on any atom is 0.00387 e. The van der Waals surface area contributed by atoms with E-state index in [1.54, 1.807) is 0 Å². The molecule has 0 heterocycles. The molecule has 0 spiro atoms. The molecule has 0 saturated heterocycles. The Bertz CT molecular complexity index is 132. The fourth-order valence-corrected chi connectivity index (χ4v) is 2.62. The van der Waals surface area contributed by atoms with Crippen LogP contribution in [0.3, 0.4) is 0 Å². The fourth-order valence-electron chi connectivity index (χ4n) is 2.62. The normalized spacial score (nSPS) is 32.1. The van der Waals surface area contributed by atoms with E-state index in [0.717, 1.165) is 17.8 Å². The van der Waals surface area contributed by atoms with Crippen LogP contribution in [0.15, 0.2) is 0 Å². The summed E-state index contributed by atoms with van der Waals surface area (Å²) in [6.07, 6.45) is 7.00. The van der Waals surface area contributed by atoms with Gasteiger partial charge < -0.3 is 5.73 Å². The minimum absolute atomic E-state index is 0.417. The minimum Gasteiger partial charge on any atom is -0.328 e. The van der Waals surface area contributed by atoms with Crippen LogP contribution in [0.5, 0.6) is 0 Å². The molecule has 1 rings (SSSR count). The summed E-state index contributed by atoms with van der Waals surface area (Å²) in [6, 6.07) is 0.417. The molecule has 1 atom stereocenters. The van der Waals surface area contributed by atoms with Crippen LogP contribution in [0.4, 0.5) is 0 Å². The summed E-state index contributed by atoms with van der Waals surface area (Å²) < 4.78 is 0. The van der Waals surface area contributed by atoms with Gasteiger partial charge in [0.2, 0.25) is 0 Å². The Balaban J connectivity index is 2.22. The Morgan fingerprint density at radius 3 is 2.00 bits per heavy atom. The lowest BCUT2D eigenvalue weighted by molar-refractivity contribution is 0.226. The third kappa shape index (κ3) is 3.68. The highest BCUT2D eigenvalue weighted by atomic mass is 14.6. The molecule has 2 N–H and O–H groups in total. The molecule has 0 amide bonds. The molecule has 1 saturated carbocycles. The van der Waals surface area contributed by atoms with Gasteiger partial charge in [-0.15, -0.1) is 0 Å². The van der Waals surface area contributed by atoms with Crippen LogP contribution in [0, 0.1) is 17.8 Å². The summed E-state index contributed by atoms with van der Waals surface area (Å²) in [5.41, 5.74) is 5.91. The lowest BCUT2D eigenvalue weighted by Gasteiger charge is -2.31. The van der Waals surface area contributed by atoms with Gasteiger partial charge in [-0.1, -0.05) is 26.7 Å². The van der Waals surface area contributed by atoms with Crippen molar-refractivity contribution in [2.75, 3.05) is 0 Å². The fraction of sp³-hybridized carbons (Fsp3) is 1.00. The summed E-state index contributed by atoms with van der Waals surface area (Å²) >= 11 is 0. The number of hydrogen-bond acceptors (Lipinski definition) is 1. The van der Waals surface area contributed by atoms with Gasteiger partial charge in [0, 0.05) is 6.04 Å². The lowest BCUT2D eigenvalue weighted by Crippen LogP contribution is -2.30. The van der Waals surface area contributed by atoms with Gasteiger partial charge >= 0.3 is 0 Å². The third-order valence-electron chi connectivity index (χ3n) is 3.44. The first-order valence-electron chi connectivity index (χ1n) is 5.85. The topological polar surface area (TPSA) is 26.0 Å². The van der Waals surface area contributed by atoms with Gasteiger partial charge in [0.15, 0.2) is 0 Å². The summed E-state index contributed by atoms with van der Waals surface area (Å²) in [6.45, 7) is 6.82. The van der Waals surface area contributed by atoms with Crippen molar-refractivity contribution in [3.8, 4) is 0 Å². The van der Waals surface area contributed by atoms with Crippen LogP contribution < -0.4 is 5.73 Å². The van der Waals surface area contributed by atoms with Crippen molar-refractivity contribution in [3.05, 3.63) is 0 Å². The van der Waals surface area contributed by atoms with Crippen molar-refractivity contribution >= 4 is 0 Å². The average Bonchev–Trinajstić information content (AvgIpc) is 2.04. The van der Waals surface area contributed by atoms with Gasteiger partial charge in [0.05, 0.1) is 0 Å². The smallest absolute Gasteiger partial charge is 0.00387 e. The summed E-state index contributed by atoms with van der Waals surface area (Å²) in [4.78, 5) is 0. The van der Waals surface area contributed by atoms with E-state index >= 15 is 0 Å². The minimum atomic E-state index is 0.417.